The smallest absolute Gasteiger partial charge is 0.264 e. The van der Waals surface area contributed by atoms with Gasteiger partial charge < -0.3 is 14.0 Å². The molecule has 0 spiro atoms. The number of aromatic nitrogens is 1. The molecule has 3 aromatic carbocycles. The molecule has 9 nitrogen and oxygen atoms in total. The van der Waals surface area contributed by atoms with Crippen LogP contribution in [0.4, 0.5) is 5.69 Å². The van der Waals surface area contributed by atoms with Crippen LogP contribution in [0.15, 0.2) is 88.9 Å². The number of nitrogens with one attached hydrogen (secondary N) is 1. The zero-order chi connectivity index (χ0) is 28.9. The van der Waals surface area contributed by atoms with Crippen molar-refractivity contribution in [1.29, 1.82) is 0 Å². The molecule has 0 aliphatic rings. The fraction of sp³-hybridized carbons (Fsp3) is 0.200. The van der Waals surface area contributed by atoms with Gasteiger partial charge in [0.25, 0.3) is 15.9 Å². The third-order valence-electron chi connectivity index (χ3n) is 6.43. The normalized spacial score (nSPS) is 11.4. The van der Waals surface area contributed by atoms with Crippen molar-refractivity contribution < 1.29 is 22.7 Å². The highest BCUT2D eigenvalue weighted by Gasteiger charge is 2.30. The molecule has 1 amide bonds. The van der Waals surface area contributed by atoms with Gasteiger partial charge in [0.1, 0.15) is 18.0 Å². The molecule has 10 heteroatoms. The van der Waals surface area contributed by atoms with E-state index in [1.54, 1.807) is 36.5 Å². The van der Waals surface area contributed by atoms with Crippen molar-refractivity contribution in [3.05, 3.63) is 101 Å². The van der Waals surface area contributed by atoms with Crippen molar-refractivity contribution in [2.45, 2.75) is 25.7 Å². The molecular weight excluding hydrogens is 528 g/mol. The summed E-state index contributed by atoms with van der Waals surface area (Å²) in [4.78, 5) is 13.1. The summed E-state index contributed by atoms with van der Waals surface area (Å²) < 4.78 is 41.2. The Bertz CT molecular complexity index is 1630. The van der Waals surface area contributed by atoms with Gasteiger partial charge in [0.2, 0.25) is 0 Å². The van der Waals surface area contributed by atoms with Crippen LogP contribution in [0.2, 0.25) is 0 Å². The molecule has 40 heavy (non-hydrogen) atoms. The number of carbonyl (C=O) groups is 1. The number of methoxy groups -OCH3 is 2. The molecule has 0 aliphatic carbocycles. The number of aryl methyl sites for hydroxylation is 2. The minimum absolute atomic E-state index is 0.0275. The Balaban J connectivity index is 1.60. The van der Waals surface area contributed by atoms with E-state index in [1.807, 2.05) is 39.0 Å². The highest BCUT2D eigenvalue weighted by Crippen LogP contribution is 2.35. The van der Waals surface area contributed by atoms with Gasteiger partial charge in [0, 0.05) is 28.7 Å². The van der Waals surface area contributed by atoms with E-state index in [0.29, 0.717) is 5.75 Å². The van der Waals surface area contributed by atoms with Crippen LogP contribution < -0.4 is 19.2 Å². The van der Waals surface area contributed by atoms with E-state index in [2.05, 4.69) is 27.2 Å². The van der Waals surface area contributed by atoms with Gasteiger partial charge in [-0.05, 0) is 63.2 Å². The molecular formula is C30H32N4O5S. The molecule has 0 unspecified atom stereocenters. The number of hydrazone groups is 1. The minimum atomic E-state index is -4.14. The monoisotopic (exact) mass is 560 g/mol. The van der Waals surface area contributed by atoms with Crippen LogP contribution in [0.3, 0.4) is 0 Å². The maximum Gasteiger partial charge on any atom is 0.264 e. The van der Waals surface area contributed by atoms with Crippen LogP contribution in [-0.2, 0) is 14.8 Å². The Morgan fingerprint density at radius 1 is 0.950 bits per heavy atom. The average molecular weight is 561 g/mol. The lowest BCUT2D eigenvalue weighted by molar-refractivity contribution is -0.119. The first-order chi connectivity index (χ1) is 19.1. The standard InChI is InChI=1S/C30H32N4O5S/c1-21-11-13-25(14-12-21)34-22(2)17-24(23(34)3)19-31-32-30(35)20-33(40(36,37)27-9-7-6-8-10-27)28-18-26(38-4)15-16-29(28)39-5/h6-19H,20H2,1-5H3,(H,32,35)/b31-19+. The predicted octanol–water partition coefficient (Wildman–Crippen LogP) is 4.77. The number of sulfonamides is 1. The summed E-state index contributed by atoms with van der Waals surface area (Å²) in [6.07, 6.45) is 1.55. The zero-order valence-electron chi connectivity index (χ0n) is 23.1. The second-order valence-corrected chi connectivity index (χ2v) is 11.0. The quantitative estimate of drug-likeness (QED) is 0.223. The summed E-state index contributed by atoms with van der Waals surface area (Å²) in [7, 11) is -1.25. The SMILES string of the molecule is COc1ccc(OC)c(N(CC(=O)N/N=C/c2cc(C)n(-c3ccc(C)cc3)c2C)S(=O)(=O)c2ccccc2)c1. The first kappa shape index (κ1) is 28.4. The van der Waals surface area contributed by atoms with Crippen molar-refractivity contribution in [1.82, 2.24) is 9.99 Å². The molecule has 0 bridgehead atoms. The van der Waals surface area contributed by atoms with E-state index < -0.39 is 22.5 Å². The Labute approximate surface area is 234 Å². The van der Waals surface area contributed by atoms with Crippen molar-refractivity contribution in [2.24, 2.45) is 5.10 Å². The molecule has 4 aromatic rings. The maximum absolute atomic E-state index is 13.7. The summed E-state index contributed by atoms with van der Waals surface area (Å²) in [5.41, 5.74) is 7.61. The van der Waals surface area contributed by atoms with Gasteiger partial charge in [0.15, 0.2) is 0 Å². The van der Waals surface area contributed by atoms with E-state index >= 15 is 0 Å². The second-order valence-electron chi connectivity index (χ2n) is 9.15. The van der Waals surface area contributed by atoms with Gasteiger partial charge in [0.05, 0.1) is 31.0 Å². The number of carbonyl (C=O) groups excluding carboxylic acids is 1. The maximum atomic E-state index is 13.7. The Hall–Kier alpha value is -4.57. The van der Waals surface area contributed by atoms with Gasteiger partial charge in [-0.1, -0.05) is 35.9 Å². The molecule has 0 radical (unpaired) electrons. The van der Waals surface area contributed by atoms with E-state index in [4.69, 9.17) is 9.47 Å². The Morgan fingerprint density at radius 3 is 2.30 bits per heavy atom. The van der Waals surface area contributed by atoms with Crippen molar-refractivity contribution in [3.63, 3.8) is 0 Å². The van der Waals surface area contributed by atoms with Crippen molar-refractivity contribution in [3.8, 4) is 17.2 Å². The third-order valence-corrected chi connectivity index (χ3v) is 8.20. The molecule has 208 valence electrons. The van der Waals surface area contributed by atoms with Crippen LogP contribution in [-0.4, -0.2) is 45.9 Å². The van der Waals surface area contributed by atoms with Crippen LogP contribution in [0.1, 0.15) is 22.5 Å². The van der Waals surface area contributed by atoms with Crippen LogP contribution >= 0.6 is 0 Å². The van der Waals surface area contributed by atoms with Gasteiger partial charge >= 0.3 is 0 Å². The molecule has 0 aliphatic heterocycles. The van der Waals surface area contributed by atoms with Crippen molar-refractivity contribution >= 4 is 27.8 Å². The minimum Gasteiger partial charge on any atom is -0.497 e. The fourth-order valence-electron chi connectivity index (χ4n) is 4.36. The van der Waals surface area contributed by atoms with Gasteiger partial charge in [-0.2, -0.15) is 5.10 Å². The lowest BCUT2D eigenvalue weighted by Crippen LogP contribution is -2.39. The number of anilines is 1. The molecule has 1 heterocycles. The summed E-state index contributed by atoms with van der Waals surface area (Å²) >= 11 is 0. The van der Waals surface area contributed by atoms with E-state index in [-0.39, 0.29) is 16.3 Å². The van der Waals surface area contributed by atoms with Gasteiger partial charge in [-0.3, -0.25) is 9.10 Å². The molecule has 1 N–H and O–H groups in total. The zero-order valence-corrected chi connectivity index (χ0v) is 23.9. The van der Waals surface area contributed by atoms with Crippen LogP contribution in [0.5, 0.6) is 11.5 Å². The van der Waals surface area contributed by atoms with Gasteiger partial charge in [-0.25, -0.2) is 13.8 Å². The Kier molecular flexibility index (Phi) is 8.59. The number of ether oxygens (including phenoxy) is 2. The third kappa shape index (κ3) is 6.02. The lowest BCUT2D eigenvalue weighted by atomic mass is 10.2. The molecule has 4 rings (SSSR count). The lowest BCUT2D eigenvalue weighted by Gasteiger charge is -2.25. The highest BCUT2D eigenvalue weighted by atomic mass is 32.2. The molecule has 0 saturated heterocycles. The largest absolute Gasteiger partial charge is 0.497 e. The number of benzene rings is 3. The number of nitrogens with zero attached hydrogens (tertiary/aromatic N) is 3. The summed E-state index contributed by atoms with van der Waals surface area (Å²) in [5, 5.41) is 4.13. The van der Waals surface area contributed by atoms with E-state index in [1.165, 1.54) is 38.0 Å². The average Bonchev–Trinajstić information content (AvgIpc) is 3.24. The number of amides is 1. The number of rotatable bonds is 10. The fourth-order valence-corrected chi connectivity index (χ4v) is 5.80. The van der Waals surface area contributed by atoms with Gasteiger partial charge in [-0.15, -0.1) is 0 Å². The first-order valence-electron chi connectivity index (χ1n) is 12.5. The summed E-state index contributed by atoms with van der Waals surface area (Å²) in [6, 6.07) is 22.8. The molecule has 1 aromatic heterocycles. The van der Waals surface area contributed by atoms with Crippen LogP contribution in [0, 0.1) is 20.8 Å². The topological polar surface area (TPSA) is 102 Å². The van der Waals surface area contributed by atoms with E-state index in [9.17, 15) is 13.2 Å². The number of hydrogen-bond donors (Lipinski definition) is 1. The molecule has 0 fully saturated rings. The molecule has 0 atom stereocenters. The first-order valence-corrected chi connectivity index (χ1v) is 14.0. The second kappa shape index (κ2) is 12.1. The van der Waals surface area contributed by atoms with E-state index in [0.717, 1.165) is 26.9 Å². The Morgan fingerprint density at radius 2 is 1.65 bits per heavy atom. The highest BCUT2D eigenvalue weighted by molar-refractivity contribution is 7.92. The van der Waals surface area contributed by atoms with Crippen molar-refractivity contribution in [2.75, 3.05) is 25.1 Å². The van der Waals surface area contributed by atoms with Crippen LogP contribution in [0.25, 0.3) is 5.69 Å². The summed E-state index contributed by atoms with van der Waals surface area (Å²) in [6.45, 7) is 5.47. The predicted molar refractivity (Wildman–Crippen MR) is 156 cm³/mol. The number of hydrogen-bond acceptors (Lipinski definition) is 6. The summed E-state index contributed by atoms with van der Waals surface area (Å²) in [5.74, 6) is 0.0412. The molecule has 0 saturated carbocycles.